The minimum absolute atomic E-state index is 0. The van der Waals surface area contributed by atoms with Crippen molar-refractivity contribution in [1.29, 1.82) is 0 Å². The van der Waals surface area contributed by atoms with Gasteiger partial charge in [0, 0.05) is 50.2 Å². The monoisotopic (exact) mass is 585 g/mol. The molecule has 4 fully saturated rings. The molecule has 0 bridgehead atoms. The molecule has 1 aliphatic carbocycles. The van der Waals surface area contributed by atoms with Gasteiger partial charge in [0.25, 0.3) is 0 Å². The Labute approximate surface area is 244 Å². The van der Waals surface area contributed by atoms with Crippen LogP contribution in [0.5, 0.6) is 0 Å². The number of nitrogens with one attached hydrogen (secondary N) is 1. The summed E-state index contributed by atoms with van der Waals surface area (Å²) in [5.74, 6) is 1.41. The Kier molecular flexibility index (Phi) is 8.44. The number of carbonyl (C=O) groups is 2. The molecule has 1 saturated carbocycles. The van der Waals surface area contributed by atoms with E-state index in [1.807, 2.05) is 23.1 Å². The molecule has 2 aromatic carbocycles. The second-order valence-electron chi connectivity index (χ2n) is 12.2. The molecule has 0 aromatic heterocycles. The molecule has 3 saturated heterocycles. The molecular formula is C31H40ClN3O4S. The van der Waals surface area contributed by atoms with Crippen LogP contribution in [-0.2, 0) is 26.0 Å². The number of likely N-dealkylation sites (tertiary alicyclic amines) is 2. The molecule has 216 valence electrons. The maximum Gasteiger partial charge on any atom is 0.229 e. The molecule has 9 heteroatoms. The summed E-state index contributed by atoms with van der Waals surface area (Å²) in [5, 5.41) is 3.58. The largest absolute Gasteiger partial charge is 0.338 e. The Morgan fingerprint density at radius 2 is 1.62 bits per heavy atom. The molecule has 6 rings (SSSR count). The van der Waals surface area contributed by atoms with Crippen LogP contribution in [0.2, 0.25) is 0 Å². The van der Waals surface area contributed by atoms with E-state index in [-0.39, 0.29) is 41.6 Å². The van der Waals surface area contributed by atoms with E-state index in [1.54, 1.807) is 12.1 Å². The summed E-state index contributed by atoms with van der Waals surface area (Å²) in [6.45, 7) is 4.55. The van der Waals surface area contributed by atoms with Gasteiger partial charge in [-0.1, -0.05) is 42.5 Å². The number of piperidine rings is 1. The van der Waals surface area contributed by atoms with E-state index in [9.17, 15) is 18.0 Å². The number of hydrogen-bond acceptors (Lipinski definition) is 6. The minimum Gasteiger partial charge on any atom is -0.338 e. The summed E-state index contributed by atoms with van der Waals surface area (Å²) in [7, 11) is -3.24. The van der Waals surface area contributed by atoms with E-state index in [4.69, 9.17) is 0 Å². The standard InChI is InChI=1S/C31H39N3O4S.ClH/c1-39(37,38)25-11-7-22(8-12-25)21-34-18-15-31(30(34)36)13-16-33(17-14-31)28(29(35)24-9-10-24)27-20-32-19-26(27)23-5-3-2-4-6-23;/h2-8,11-12,24,26-28,32H,9-10,13-21H2,1H3;1H/t26-,27-,28?;/m1./s1. The normalized spacial score (nSPS) is 25.6. The SMILES string of the molecule is CS(=O)(=O)c1ccc(CN2CCC3(CCN(C(C(=O)C4CC4)[C@@H]4CNC[C@@H]4c4ccccc4)CC3)C2=O)cc1.Cl. The summed E-state index contributed by atoms with van der Waals surface area (Å²) in [6.07, 6.45) is 5.67. The first-order valence-electron chi connectivity index (χ1n) is 14.4. The van der Waals surface area contributed by atoms with Crippen LogP contribution < -0.4 is 5.32 Å². The van der Waals surface area contributed by atoms with Gasteiger partial charge in [-0.15, -0.1) is 12.4 Å². The number of Topliss-reactive ketones (excluding diaryl/α,β-unsaturated/α-hetero) is 1. The average molecular weight is 586 g/mol. The number of halogens is 1. The Balaban J connectivity index is 0.00000323. The lowest BCUT2D eigenvalue weighted by Gasteiger charge is -2.44. The number of benzene rings is 2. The van der Waals surface area contributed by atoms with Crippen molar-refractivity contribution < 1.29 is 18.0 Å². The highest BCUT2D eigenvalue weighted by molar-refractivity contribution is 7.90. The molecule has 3 aliphatic heterocycles. The third kappa shape index (κ3) is 5.73. The van der Waals surface area contributed by atoms with E-state index >= 15 is 0 Å². The van der Waals surface area contributed by atoms with Crippen molar-refractivity contribution in [2.24, 2.45) is 17.3 Å². The van der Waals surface area contributed by atoms with Crippen LogP contribution in [0.4, 0.5) is 0 Å². The highest BCUT2D eigenvalue weighted by atomic mass is 35.5. The van der Waals surface area contributed by atoms with Gasteiger partial charge in [0.05, 0.1) is 16.4 Å². The predicted octanol–water partition coefficient (Wildman–Crippen LogP) is 3.68. The molecule has 4 aliphatic rings. The van der Waals surface area contributed by atoms with Gasteiger partial charge in [0.15, 0.2) is 15.6 Å². The summed E-state index contributed by atoms with van der Waals surface area (Å²) < 4.78 is 23.6. The first kappa shape index (κ1) is 29.2. The molecule has 1 N–H and O–H groups in total. The molecule has 7 nitrogen and oxygen atoms in total. The predicted molar refractivity (Wildman–Crippen MR) is 157 cm³/mol. The molecule has 1 spiro atoms. The fourth-order valence-electron chi connectivity index (χ4n) is 7.17. The van der Waals surface area contributed by atoms with E-state index in [1.165, 1.54) is 11.8 Å². The zero-order chi connectivity index (χ0) is 27.2. The van der Waals surface area contributed by atoms with E-state index in [2.05, 4.69) is 34.5 Å². The fraction of sp³-hybridized carbons (Fsp3) is 0.548. The Hall–Kier alpha value is -2.26. The number of sulfone groups is 1. The van der Waals surface area contributed by atoms with Crippen LogP contribution in [-0.4, -0.2) is 74.9 Å². The lowest BCUT2D eigenvalue weighted by Crippen LogP contribution is -2.54. The third-order valence-electron chi connectivity index (χ3n) is 9.64. The van der Waals surface area contributed by atoms with Gasteiger partial charge in [-0.25, -0.2) is 8.42 Å². The first-order valence-corrected chi connectivity index (χ1v) is 16.3. The second kappa shape index (κ2) is 11.6. The van der Waals surface area contributed by atoms with Crippen LogP contribution in [0.1, 0.15) is 49.1 Å². The lowest BCUT2D eigenvalue weighted by molar-refractivity contribution is -0.140. The maximum atomic E-state index is 13.7. The van der Waals surface area contributed by atoms with Crippen molar-refractivity contribution in [2.45, 2.75) is 55.5 Å². The molecule has 3 heterocycles. The van der Waals surface area contributed by atoms with Crippen molar-refractivity contribution >= 4 is 33.9 Å². The minimum atomic E-state index is -3.24. The summed E-state index contributed by atoms with van der Waals surface area (Å²) in [4.78, 5) is 32.0. The third-order valence-corrected chi connectivity index (χ3v) is 10.8. The van der Waals surface area contributed by atoms with Crippen LogP contribution >= 0.6 is 12.4 Å². The molecule has 3 atom stereocenters. The topological polar surface area (TPSA) is 86.8 Å². The van der Waals surface area contributed by atoms with Gasteiger partial charge in [0.2, 0.25) is 5.91 Å². The van der Waals surface area contributed by atoms with Crippen molar-refractivity contribution in [2.75, 3.05) is 39.0 Å². The van der Waals surface area contributed by atoms with Gasteiger partial charge in [-0.3, -0.25) is 14.5 Å². The molecule has 2 aromatic rings. The number of hydrogen-bond donors (Lipinski definition) is 1. The molecule has 1 amide bonds. The Morgan fingerprint density at radius 1 is 0.975 bits per heavy atom. The molecular weight excluding hydrogens is 546 g/mol. The fourth-order valence-corrected chi connectivity index (χ4v) is 7.80. The lowest BCUT2D eigenvalue weighted by atomic mass is 9.74. The van der Waals surface area contributed by atoms with Gasteiger partial charge < -0.3 is 10.2 Å². The van der Waals surface area contributed by atoms with Crippen molar-refractivity contribution in [3.63, 3.8) is 0 Å². The highest BCUT2D eigenvalue weighted by Crippen LogP contribution is 2.45. The van der Waals surface area contributed by atoms with Gasteiger partial charge in [0.1, 0.15) is 0 Å². The average Bonchev–Trinajstić information content (AvgIpc) is 3.62. The zero-order valence-corrected chi connectivity index (χ0v) is 24.8. The second-order valence-corrected chi connectivity index (χ2v) is 14.2. The zero-order valence-electron chi connectivity index (χ0n) is 23.1. The van der Waals surface area contributed by atoms with Crippen LogP contribution in [0.25, 0.3) is 0 Å². The van der Waals surface area contributed by atoms with Crippen molar-refractivity contribution in [3.8, 4) is 0 Å². The van der Waals surface area contributed by atoms with E-state index in [0.717, 1.165) is 70.4 Å². The molecule has 0 radical (unpaired) electrons. The maximum absolute atomic E-state index is 13.7. The Morgan fingerprint density at radius 3 is 2.25 bits per heavy atom. The smallest absolute Gasteiger partial charge is 0.229 e. The summed E-state index contributed by atoms with van der Waals surface area (Å²) >= 11 is 0. The number of rotatable bonds is 8. The summed E-state index contributed by atoms with van der Waals surface area (Å²) in [5.41, 5.74) is 1.91. The van der Waals surface area contributed by atoms with Gasteiger partial charge in [-0.05, 0) is 68.5 Å². The van der Waals surface area contributed by atoms with E-state index < -0.39 is 9.84 Å². The highest BCUT2D eigenvalue weighted by Gasteiger charge is 2.52. The van der Waals surface area contributed by atoms with Crippen LogP contribution in [0.15, 0.2) is 59.5 Å². The van der Waals surface area contributed by atoms with Gasteiger partial charge >= 0.3 is 0 Å². The van der Waals surface area contributed by atoms with Gasteiger partial charge in [-0.2, -0.15) is 0 Å². The van der Waals surface area contributed by atoms with Crippen LogP contribution in [0, 0.1) is 17.3 Å². The number of nitrogens with zero attached hydrogens (tertiary/aromatic N) is 2. The first-order chi connectivity index (χ1) is 18.7. The number of carbonyl (C=O) groups excluding carboxylic acids is 2. The Bertz CT molecular complexity index is 1320. The van der Waals surface area contributed by atoms with E-state index in [0.29, 0.717) is 23.1 Å². The van der Waals surface area contributed by atoms with Crippen molar-refractivity contribution in [3.05, 3.63) is 65.7 Å². The molecule has 1 unspecified atom stereocenters. The number of ketones is 1. The molecule has 40 heavy (non-hydrogen) atoms. The summed E-state index contributed by atoms with van der Waals surface area (Å²) in [6, 6.07) is 17.4. The quantitative estimate of drug-likeness (QED) is 0.509. The van der Waals surface area contributed by atoms with Crippen molar-refractivity contribution in [1.82, 2.24) is 15.1 Å². The van der Waals surface area contributed by atoms with Crippen LogP contribution in [0.3, 0.4) is 0 Å². The number of amides is 1.